The Bertz CT molecular complexity index is 1440. The lowest BCUT2D eigenvalue weighted by molar-refractivity contribution is -0.129. The summed E-state index contributed by atoms with van der Waals surface area (Å²) in [6, 6.07) is 23.8. The molecule has 0 unspecified atom stereocenters. The van der Waals surface area contributed by atoms with Crippen LogP contribution in [0.2, 0.25) is 0 Å². The van der Waals surface area contributed by atoms with Gasteiger partial charge in [0.05, 0.1) is 5.92 Å². The molecule has 0 bridgehead atoms. The number of nitrogens with zero attached hydrogens (tertiary/aromatic N) is 1. The van der Waals surface area contributed by atoms with Crippen molar-refractivity contribution in [3.63, 3.8) is 0 Å². The van der Waals surface area contributed by atoms with Gasteiger partial charge < -0.3 is 32.1 Å². The van der Waals surface area contributed by atoms with Gasteiger partial charge in [-0.15, -0.1) is 0 Å². The first-order valence-corrected chi connectivity index (χ1v) is 15.4. The molecule has 1 atom stereocenters. The summed E-state index contributed by atoms with van der Waals surface area (Å²) in [7, 11) is 0. The molecular formula is C34H41N7O5. The van der Waals surface area contributed by atoms with Crippen LogP contribution >= 0.6 is 0 Å². The highest BCUT2D eigenvalue weighted by molar-refractivity contribution is 5.95. The van der Waals surface area contributed by atoms with Crippen molar-refractivity contribution >= 4 is 29.7 Å². The molecule has 0 aliphatic heterocycles. The fourth-order valence-electron chi connectivity index (χ4n) is 4.78. The minimum Gasteiger partial charge on any atom is -0.508 e. The van der Waals surface area contributed by atoms with Gasteiger partial charge in [0.2, 0.25) is 17.7 Å². The molecule has 0 radical (unpaired) electrons. The molecule has 0 aromatic heterocycles. The Hall–Kier alpha value is -5.39. The average molecular weight is 628 g/mol. The quantitative estimate of drug-likeness (QED) is 0.0769. The van der Waals surface area contributed by atoms with Crippen molar-refractivity contribution in [1.82, 2.24) is 26.6 Å². The van der Waals surface area contributed by atoms with E-state index in [1.807, 2.05) is 60.7 Å². The smallest absolute Gasteiger partial charge is 0.321 e. The van der Waals surface area contributed by atoms with E-state index in [9.17, 15) is 24.3 Å². The zero-order chi connectivity index (χ0) is 32.7. The van der Waals surface area contributed by atoms with Gasteiger partial charge in [-0.3, -0.25) is 24.7 Å². The van der Waals surface area contributed by atoms with Gasteiger partial charge in [0.25, 0.3) is 0 Å². The average Bonchev–Trinajstić information content (AvgIpc) is 3.91. The highest BCUT2D eigenvalue weighted by Gasteiger charge is 2.29. The number of amides is 5. The number of phenolic OH excluding ortho intramolecular Hbond substituents is 1. The Morgan fingerprint density at radius 3 is 2.02 bits per heavy atom. The van der Waals surface area contributed by atoms with Crippen LogP contribution in [-0.2, 0) is 20.9 Å². The number of aliphatic imine (C=N–C) groups is 1. The molecule has 0 spiro atoms. The molecule has 1 saturated carbocycles. The Kier molecular flexibility index (Phi) is 12.5. The third kappa shape index (κ3) is 11.0. The van der Waals surface area contributed by atoms with E-state index in [2.05, 4.69) is 31.6 Å². The van der Waals surface area contributed by atoms with E-state index in [1.54, 1.807) is 12.1 Å². The van der Waals surface area contributed by atoms with Crippen LogP contribution in [0.4, 0.5) is 4.79 Å². The first kappa shape index (κ1) is 33.5. The second kappa shape index (κ2) is 17.2. The lowest BCUT2D eigenvalue weighted by Crippen LogP contribution is -2.48. The topological polar surface area (TPSA) is 187 Å². The van der Waals surface area contributed by atoms with Crippen LogP contribution in [0.15, 0.2) is 89.9 Å². The molecule has 1 fully saturated rings. The fourth-order valence-corrected chi connectivity index (χ4v) is 4.78. The highest BCUT2D eigenvalue weighted by Crippen LogP contribution is 2.28. The highest BCUT2D eigenvalue weighted by atomic mass is 16.3. The van der Waals surface area contributed by atoms with Crippen LogP contribution in [-0.4, -0.2) is 60.5 Å². The third-order valence-electron chi connectivity index (χ3n) is 7.40. The number of nitrogens with two attached hydrogens (primary N) is 1. The van der Waals surface area contributed by atoms with Crippen molar-refractivity contribution < 1.29 is 24.3 Å². The Balaban J connectivity index is 1.34. The number of guanidine groups is 1. The van der Waals surface area contributed by atoms with Gasteiger partial charge in [-0.1, -0.05) is 72.8 Å². The molecule has 3 aromatic carbocycles. The summed E-state index contributed by atoms with van der Waals surface area (Å²) in [6.45, 7) is 0.963. The predicted octanol–water partition coefficient (Wildman–Crippen LogP) is 2.25. The van der Waals surface area contributed by atoms with Crippen LogP contribution in [0, 0.1) is 5.92 Å². The van der Waals surface area contributed by atoms with Crippen LogP contribution in [0.5, 0.6) is 5.75 Å². The molecule has 46 heavy (non-hydrogen) atoms. The second-order valence-corrected chi connectivity index (χ2v) is 11.1. The molecule has 12 nitrogen and oxygen atoms in total. The summed E-state index contributed by atoms with van der Waals surface area (Å²) in [5.74, 6) is -1.19. The molecule has 12 heteroatoms. The van der Waals surface area contributed by atoms with Crippen molar-refractivity contribution in [3.05, 3.63) is 102 Å². The molecule has 0 saturated heterocycles. The van der Waals surface area contributed by atoms with Crippen LogP contribution in [0.25, 0.3) is 0 Å². The van der Waals surface area contributed by atoms with E-state index < -0.39 is 18.0 Å². The number of rotatable bonds is 15. The number of urea groups is 1. The number of carbonyl (C=O) groups excluding carboxylic acids is 4. The van der Waals surface area contributed by atoms with E-state index in [0.717, 1.165) is 29.5 Å². The first-order chi connectivity index (χ1) is 22.3. The number of carbonyl (C=O) groups is 4. The van der Waals surface area contributed by atoms with Gasteiger partial charge in [-0.25, -0.2) is 4.79 Å². The summed E-state index contributed by atoms with van der Waals surface area (Å²) in [5.41, 5.74) is 8.24. The molecule has 242 valence electrons. The molecule has 8 N–H and O–H groups in total. The van der Waals surface area contributed by atoms with Crippen molar-refractivity contribution in [2.24, 2.45) is 16.6 Å². The summed E-state index contributed by atoms with van der Waals surface area (Å²) >= 11 is 0. The molecule has 0 heterocycles. The third-order valence-corrected chi connectivity index (χ3v) is 7.40. The fraction of sp³-hybridized carbons (Fsp3) is 0.324. The molecule has 3 aromatic rings. The van der Waals surface area contributed by atoms with Crippen molar-refractivity contribution in [1.29, 1.82) is 0 Å². The largest absolute Gasteiger partial charge is 0.508 e. The second-order valence-electron chi connectivity index (χ2n) is 11.1. The SMILES string of the molecule is NC(=NCCC[C@@H](NC(=O)C(c1ccccc1)c1ccccc1)C(=O)NCc1ccc(O)cc1)NC(=O)NCCNC(=O)C1CC1. The first-order valence-electron chi connectivity index (χ1n) is 15.4. The van der Waals surface area contributed by atoms with Gasteiger partial charge in [0, 0.05) is 32.1 Å². The maximum atomic E-state index is 13.8. The van der Waals surface area contributed by atoms with Gasteiger partial charge in [0.1, 0.15) is 11.8 Å². The van der Waals surface area contributed by atoms with Crippen molar-refractivity contribution in [2.45, 2.75) is 44.2 Å². The molecular weight excluding hydrogens is 586 g/mol. The van der Waals surface area contributed by atoms with E-state index >= 15 is 0 Å². The zero-order valence-corrected chi connectivity index (χ0v) is 25.6. The molecule has 1 aliphatic rings. The minimum absolute atomic E-state index is 0.00228. The lowest BCUT2D eigenvalue weighted by atomic mass is 9.90. The van der Waals surface area contributed by atoms with E-state index in [0.29, 0.717) is 13.0 Å². The number of phenols is 1. The summed E-state index contributed by atoms with van der Waals surface area (Å²) < 4.78 is 0. The van der Waals surface area contributed by atoms with Gasteiger partial charge in [0.15, 0.2) is 5.96 Å². The van der Waals surface area contributed by atoms with Gasteiger partial charge in [-0.05, 0) is 54.5 Å². The Morgan fingerprint density at radius 1 is 0.804 bits per heavy atom. The number of hydrogen-bond acceptors (Lipinski definition) is 6. The lowest BCUT2D eigenvalue weighted by Gasteiger charge is -2.23. The maximum absolute atomic E-state index is 13.8. The van der Waals surface area contributed by atoms with E-state index in [1.165, 1.54) is 12.1 Å². The number of aromatic hydroxyl groups is 1. The van der Waals surface area contributed by atoms with Crippen LogP contribution in [0.1, 0.15) is 48.3 Å². The predicted molar refractivity (Wildman–Crippen MR) is 175 cm³/mol. The van der Waals surface area contributed by atoms with Crippen molar-refractivity contribution in [2.75, 3.05) is 19.6 Å². The number of benzene rings is 3. The van der Waals surface area contributed by atoms with Gasteiger partial charge in [-0.2, -0.15) is 0 Å². The zero-order valence-electron chi connectivity index (χ0n) is 25.6. The summed E-state index contributed by atoms with van der Waals surface area (Å²) in [6.07, 6.45) is 2.46. The van der Waals surface area contributed by atoms with E-state index in [4.69, 9.17) is 5.73 Å². The maximum Gasteiger partial charge on any atom is 0.321 e. The molecule has 1 aliphatic carbocycles. The molecule has 4 rings (SSSR count). The van der Waals surface area contributed by atoms with Crippen LogP contribution in [0.3, 0.4) is 0 Å². The number of hydrogen-bond donors (Lipinski definition) is 7. The van der Waals surface area contributed by atoms with Crippen LogP contribution < -0.4 is 32.3 Å². The molecule has 5 amide bonds. The summed E-state index contributed by atoms with van der Waals surface area (Å²) in [5, 5.41) is 23.2. The Morgan fingerprint density at radius 2 is 1.41 bits per heavy atom. The normalized spacial score (nSPS) is 13.4. The standard InChI is InChI=1S/C34H41N7O5/c35-33(41-34(46)38-21-20-36-30(43)26-15-16-26)37-19-7-12-28(31(44)39-22-23-13-17-27(42)18-14-23)40-32(45)29(24-8-3-1-4-9-24)25-10-5-2-6-11-25/h1-6,8-11,13-14,17-18,26,28-29,42H,7,12,15-16,19-22H2,(H,36,43)(H,39,44)(H,40,45)(H4,35,37,38,41,46)/t28-/m1/s1. The Labute approximate surface area is 268 Å². The van der Waals surface area contributed by atoms with Gasteiger partial charge >= 0.3 is 6.03 Å². The minimum atomic E-state index is -0.877. The van der Waals surface area contributed by atoms with E-state index in [-0.39, 0.29) is 61.4 Å². The summed E-state index contributed by atoms with van der Waals surface area (Å²) in [4.78, 5) is 55.1. The number of nitrogens with one attached hydrogen (secondary N) is 5. The monoisotopic (exact) mass is 627 g/mol. The van der Waals surface area contributed by atoms with Crippen molar-refractivity contribution in [3.8, 4) is 5.75 Å².